The SMILES string of the molecule is C=C(C)C(=O)OCCCOc1ccc(C=O)cc1.CCC.CCCOC.COc1ccc(-c2ccc(-c3ccc(C=O)cc3)cc2)cc1PC. The van der Waals surface area contributed by atoms with Crippen molar-refractivity contribution in [3.8, 4) is 33.8 Å². The first-order chi connectivity index (χ1) is 24.2. The lowest BCUT2D eigenvalue weighted by Gasteiger charge is -2.10. The molecule has 0 spiro atoms. The molecule has 0 aliphatic rings. The van der Waals surface area contributed by atoms with Gasteiger partial charge in [-0.25, -0.2) is 4.79 Å². The molecule has 268 valence electrons. The number of ether oxygens (including phenoxy) is 4. The molecule has 50 heavy (non-hydrogen) atoms. The smallest absolute Gasteiger partial charge is 0.333 e. The van der Waals surface area contributed by atoms with Crippen LogP contribution in [0.1, 0.15) is 67.7 Å². The summed E-state index contributed by atoms with van der Waals surface area (Å²) in [6.07, 6.45) is 4.62. The molecular formula is C42H53O7P. The fourth-order valence-electron chi connectivity index (χ4n) is 4.08. The third-order valence-corrected chi connectivity index (χ3v) is 7.56. The van der Waals surface area contributed by atoms with Gasteiger partial charge in [0.1, 0.15) is 24.1 Å². The minimum atomic E-state index is -0.384. The van der Waals surface area contributed by atoms with Crippen LogP contribution in [-0.4, -0.2) is 59.2 Å². The minimum absolute atomic E-state index is 0.304. The second-order valence-electron chi connectivity index (χ2n) is 11.0. The number of benzene rings is 4. The molecular weight excluding hydrogens is 647 g/mol. The summed E-state index contributed by atoms with van der Waals surface area (Å²) >= 11 is 0. The Morgan fingerprint density at radius 2 is 1.20 bits per heavy atom. The molecule has 0 aliphatic carbocycles. The average molecular weight is 701 g/mol. The number of hydrogen-bond donors (Lipinski definition) is 0. The van der Waals surface area contributed by atoms with Gasteiger partial charge in [-0.15, -0.1) is 0 Å². The molecule has 0 aromatic heterocycles. The van der Waals surface area contributed by atoms with E-state index in [9.17, 15) is 14.4 Å². The van der Waals surface area contributed by atoms with Gasteiger partial charge in [-0.3, -0.25) is 9.59 Å². The summed E-state index contributed by atoms with van der Waals surface area (Å²) in [4.78, 5) is 32.2. The Bertz CT molecular complexity index is 1550. The molecule has 8 heteroatoms. The van der Waals surface area contributed by atoms with Crippen molar-refractivity contribution in [1.82, 2.24) is 0 Å². The molecule has 0 amide bonds. The van der Waals surface area contributed by atoms with Crippen LogP contribution in [-0.2, 0) is 14.3 Å². The van der Waals surface area contributed by atoms with Crippen molar-refractivity contribution in [2.75, 3.05) is 40.7 Å². The van der Waals surface area contributed by atoms with E-state index >= 15 is 0 Å². The number of carbonyl (C=O) groups is 3. The van der Waals surface area contributed by atoms with Crippen molar-refractivity contribution in [3.63, 3.8) is 0 Å². The lowest BCUT2D eigenvalue weighted by molar-refractivity contribution is -0.139. The average Bonchev–Trinajstić information content (AvgIpc) is 3.15. The van der Waals surface area contributed by atoms with Crippen LogP contribution in [0, 0.1) is 0 Å². The number of rotatable bonds is 14. The minimum Gasteiger partial charge on any atom is -0.496 e. The Labute approximate surface area is 300 Å². The van der Waals surface area contributed by atoms with Crippen molar-refractivity contribution >= 4 is 32.4 Å². The van der Waals surface area contributed by atoms with E-state index < -0.39 is 0 Å². The third-order valence-electron chi connectivity index (χ3n) is 6.63. The highest BCUT2D eigenvalue weighted by Gasteiger charge is 2.06. The molecule has 1 atom stereocenters. The van der Waals surface area contributed by atoms with Crippen LogP contribution in [0.3, 0.4) is 0 Å². The van der Waals surface area contributed by atoms with Crippen molar-refractivity contribution < 1.29 is 33.3 Å². The molecule has 0 saturated heterocycles. The van der Waals surface area contributed by atoms with Crippen molar-refractivity contribution in [2.45, 2.75) is 47.0 Å². The maximum Gasteiger partial charge on any atom is 0.333 e. The normalized spacial score (nSPS) is 9.90. The molecule has 4 aromatic rings. The predicted molar refractivity (Wildman–Crippen MR) is 209 cm³/mol. The van der Waals surface area contributed by atoms with Gasteiger partial charge < -0.3 is 18.9 Å². The van der Waals surface area contributed by atoms with Gasteiger partial charge in [-0.2, -0.15) is 0 Å². The molecule has 0 bridgehead atoms. The predicted octanol–water partition coefficient (Wildman–Crippen LogP) is 9.62. The molecule has 0 radical (unpaired) electrons. The summed E-state index contributed by atoms with van der Waals surface area (Å²) in [6, 6.07) is 29.3. The molecule has 4 rings (SSSR count). The Morgan fingerprint density at radius 1 is 0.720 bits per heavy atom. The number of carbonyl (C=O) groups excluding carboxylic acids is 3. The fraction of sp³-hybridized carbons (Fsp3) is 0.310. The summed E-state index contributed by atoms with van der Waals surface area (Å²) < 4.78 is 20.4. The second kappa shape index (κ2) is 26.3. The van der Waals surface area contributed by atoms with E-state index in [0.29, 0.717) is 50.7 Å². The summed E-state index contributed by atoms with van der Waals surface area (Å²) in [6.45, 7) is 15.2. The summed E-state index contributed by atoms with van der Waals surface area (Å²) in [7, 11) is 4.12. The zero-order valence-corrected chi connectivity index (χ0v) is 31.6. The highest BCUT2D eigenvalue weighted by molar-refractivity contribution is 7.46. The molecule has 0 heterocycles. The molecule has 7 nitrogen and oxygen atoms in total. The first kappa shape index (κ1) is 43.4. The summed E-state index contributed by atoms with van der Waals surface area (Å²) in [5.41, 5.74) is 6.33. The van der Waals surface area contributed by atoms with Gasteiger partial charge in [-0.1, -0.05) is 96.9 Å². The van der Waals surface area contributed by atoms with Crippen LogP contribution in [0.15, 0.2) is 103 Å². The van der Waals surface area contributed by atoms with E-state index in [1.165, 1.54) is 22.9 Å². The van der Waals surface area contributed by atoms with Gasteiger partial charge in [0.25, 0.3) is 0 Å². The molecule has 0 fully saturated rings. The van der Waals surface area contributed by atoms with Crippen molar-refractivity contribution in [1.29, 1.82) is 0 Å². The van der Waals surface area contributed by atoms with E-state index in [4.69, 9.17) is 18.9 Å². The number of aldehydes is 2. The number of hydrogen-bond acceptors (Lipinski definition) is 7. The molecule has 0 saturated carbocycles. The number of esters is 1. The summed E-state index contributed by atoms with van der Waals surface area (Å²) in [5.74, 6) is 1.25. The van der Waals surface area contributed by atoms with E-state index in [1.54, 1.807) is 45.4 Å². The topological polar surface area (TPSA) is 88.1 Å². The zero-order valence-electron chi connectivity index (χ0n) is 30.6. The van der Waals surface area contributed by atoms with Crippen LogP contribution in [0.5, 0.6) is 11.5 Å². The van der Waals surface area contributed by atoms with Crippen LogP contribution in [0.2, 0.25) is 0 Å². The lowest BCUT2D eigenvalue weighted by atomic mass is 9.99. The van der Waals surface area contributed by atoms with Crippen LogP contribution in [0.25, 0.3) is 22.3 Å². The Balaban J connectivity index is 0.000000423. The number of methoxy groups -OCH3 is 2. The Morgan fingerprint density at radius 3 is 1.62 bits per heavy atom. The van der Waals surface area contributed by atoms with Crippen molar-refractivity contribution in [2.24, 2.45) is 0 Å². The van der Waals surface area contributed by atoms with Gasteiger partial charge in [0.2, 0.25) is 0 Å². The third kappa shape index (κ3) is 16.7. The molecule has 4 aromatic carbocycles. The lowest BCUT2D eigenvalue weighted by Crippen LogP contribution is -2.09. The Kier molecular flexibility index (Phi) is 22.9. The van der Waals surface area contributed by atoms with Crippen LogP contribution >= 0.6 is 8.58 Å². The van der Waals surface area contributed by atoms with E-state index in [1.807, 2.05) is 30.3 Å². The first-order valence-corrected chi connectivity index (χ1v) is 18.2. The van der Waals surface area contributed by atoms with Crippen LogP contribution < -0.4 is 14.8 Å². The second-order valence-corrected chi connectivity index (χ2v) is 12.0. The highest BCUT2D eigenvalue weighted by atomic mass is 31.1. The van der Waals surface area contributed by atoms with Gasteiger partial charge in [0.05, 0.1) is 20.3 Å². The maximum absolute atomic E-state index is 11.1. The monoisotopic (exact) mass is 700 g/mol. The fourth-order valence-corrected chi connectivity index (χ4v) is 4.81. The standard InChI is InChI=1S/C21H19O2P.C14H16O4.C4H10O.C3H8/c1-23-20-12-11-19(13-21(20)24-2)18-9-7-17(8-10-18)16-5-3-15(14-22)4-6-16;1-11(2)14(16)18-9-3-8-17-13-6-4-12(10-15)5-7-13;1-3-4-5-2;1-3-2/h3-14,24H,1-2H3;4-7,10H,1,3,8-9H2,2H3;3-4H2,1-2H3;3H2,1-2H3. The molecule has 0 N–H and O–H groups in total. The summed E-state index contributed by atoms with van der Waals surface area (Å²) in [5, 5.41) is 1.24. The van der Waals surface area contributed by atoms with Gasteiger partial charge in [-0.05, 0) is 78.7 Å². The highest BCUT2D eigenvalue weighted by Crippen LogP contribution is 2.27. The molecule has 0 aliphatic heterocycles. The van der Waals surface area contributed by atoms with Crippen LogP contribution in [0.4, 0.5) is 0 Å². The van der Waals surface area contributed by atoms with Gasteiger partial charge in [0, 0.05) is 42.1 Å². The maximum atomic E-state index is 11.1. The first-order valence-electron chi connectivity index (χ1n) is 16.7. The zero-order chi connectivity index (χ0) is 37.1. The quantitative estimate of drug-likeness (QED) is 0.0426. The Hall–Kier alpha value is -4.58. The van der Waals surface area contributed by atoms with E-state index in [2.05, 4.69) is 70.4 Å². The molecule has 1 unspecified atom stereocenters. The largest absolute Gasteiger partial charge is 0.496 e. The van der Waals surface area contributed by atoms with Gasteiger partial charge >= 0.3 is 5.97 Å². The van der Waals surface area contributed by atoms with Gasteiger partial charge in [0.15, 0.2) is 0 Å². The van der Waals surface area contributed by atoms with E-state index in [0.717, 1.165) is 42.5 Å². The van der Waals surface area contributed by atoms with E-state index in [-0.39, 0.29) is 5.97 Å². The van der Waals surface area contributed by atoms with Crippen molar-refractivity contribution in [3.05, 3.63) is 114 Å².